The van der Waals surface area contributed by atoms with E-state index in [-0.39, 0.29) is 18.0 Å². The molecule has 0 bridgehead atoms. The maximum atomic E-state index is 11.3. The van der Waals surface area contributed by atoms with Crippen molar-refractivity contribution in [1.82, 2.24) is 5.32 Å². The van der Waals surface area contributed by atoms with Gasteiger partial charge in [-0.15, -0.1) is 0 Å². The van der Waals surface area contributed by atoms with Gasteiger partial charge in [0, 0.05) is 13.0 Å². The number of hydrogen-bond donors (Lipinski definition) is 3. The summed E-state index contributed by atoms with van der Waals surface area (Å²) in [7, 11) is 1.72. The summed E-state index contributed by atoms with van der Waals surface area (Å²) >= 11 is 0. The Morgan fingerprint density at radius 3 is 1.90 bits per heavy atom. The number of carbonyl (C=O) groups is 2. The van der Waals surface area contributed by atoms with Crippen LogP contribution in [0.3, 0.4) is 0 Å². The van der Waals surface area contributed by atoms with Gasteiger partial charge in [0.05, 0.1) is 6.61 Å². The summed E-state index contributed by atoms with van der Waals surface area (Å²) in [5, 5.41) is 2.89. The van der Waals surface area contributed by atoms with Crippen LogP contribution < -0.4 is 16.8 Å². The van der Waals surface area contributed by atoms with E-state index in [9.17, 15) is 9.59 Å². The number of unbranched alkanes of at least 4 members (excludes halogenated alkanes) is 11. The summed E-state index contributed by atoms with van der Waals surface area (Å²) in [4.78, 5) is 25.2. The molecule has 0 saturated carbocycles. The average Bonchev–Trinajstić information content (AvgIpc) is 2.72. The van der Waals surface area contributed by atoms with Gasteiger partial charge in [0.2, 0.25) is 0 Å². The van der Waals surface area contributed by atoms with Gasteiger partial charge >= 0.3 is 5.97 Å². The summed E-state index contributed by atoms with van der Waals surface area (Å²) in [5.74, 6) is -0.156. The summed E-state index contributed by atoms with van der Waals surface area (Å²) < 4.78 is 4.89. The van der Waals surface area contributed by atoms with Crippen molar-refractivity contribution in [1.29, 1.82) is 0 Å². The molecule has 0 aliphatic rings. The van der Waals surface area contributed by atoms with E-state index in [1.807, 2.05) is 0 Å². The number of guanidine groups is 1. The normalized spacial score (nSPS) is 11.2. The molecule has 0 saturated heterocycles. The highest BCUT2D eigenvalue weighted by molar-refractivity contribution is 5.76. The quantitative estimate of drug-likeness (QED) is 0.0937. The lowest BCUT2D eigenvalue weighted by Crippen LogP contribution is -2.35. The number of likely N-dealkylation sites (N-methyl/N-ethyl adjacent to an activating group) is 1. The Morgan fingerprint density at radius 2 is 1.47 bits per heavy atom. The molecule has 0 spiro atoms. The molecule has 5 N–H and O–H groups in total. The lowest BCUT2D eigenvalue weighted by atomic mass is 10.1. The van der Waals surface area contributed by atoms with Gasteiger partial charge in [-0.05, 0) is 33.2 Å². The number of hydrogen-bond acceptors (Lipinski definition) is 5. The highest BCUT2D eigenvalue weighted by Gasteiger charge is 2.16. The van der Waals surface area contributed by atoms with E-state index in [2.05, 4.69) is 17.2 Å². The minimum absolute atomic E-state index is 0.0761. The van der Waals surface area contributed by atoms with Crippen molar-refractivity contribution in [3.8, 4) is 0 Å². The third-order valence-electron chi connectivity index (χ3n) is 4.79. The Hall–Kier alpha value is -1.63. The number of carbonyl (C=O) groups excluding carboxylic acids is 2. The maximum Gasteiger partial charge on any atom is 0.323 e. The summed E-state index contributed by atoms with van der Waals surface area (Å²) in [6.45, 7) is 4.97. The number of esters is 1. The monoisotopic (exact) mass is 428 g/mol. The second-order valence-electron chi connectivity index (χ2n) is 7.53. The standard InChI is InChI=1S/C14H28O.C9H20N4O2/c1-2-3-4-5-6-7-8-9-10-11-12-13-14-15;1-3-15-8(14)7(12-2)5-4-6-13-9(10)11/h14H,2-13H2,1H3;7,12H,3-6H2,1-2H3,(H4,10,11,13). The first-order valence-electron chi connectivity index (χ1n) is 11.9. The van der Waals surface area contributed by atoms with Crippen LogP contribution in [-0.2, 0) is 14.3 Å². The van der Waals surface area contributed by atoms with Gasteiger partial charge in [0.25, 0.3) is 0 Å². The zero-order valence-electron chi connectivity index (χ0n) is 19.8. The van der Waals surface area contributed by atoms with Crippen LogP contribution in [0.2, 0.25) is 0 Å². The predicted octanol–water partition coefficient (Wildman–Crippen LogP) is 4.08. The molecule has 0 aliphatic carbocycles. The zero-order chi connectivity index (χ0) is 22.9. The van der Waals surface area contributed by atoms with Crippen molar-refractivity contribution in [3.05, 3.63) is 0 Å². The molecule has 0 aromatic heterocycles. The maximum absolute atomic E-state index is 11.3. The number of ether oxygens (including phenoxy) is 1. The lowest BCUT2D eigenvalue weighted by molar-refractivity contribution is -0.145. The molecule has 0 aliphatic heterocycles. The van der Waals surface area contributed by atoms with Crippen molar-refractivity contribution in [2.24, 2.45) is 16.5 Å². The van der Waals surface area contributed by atoms with Crippen LogP contribution in [0, 0.1) is 0 Å². The smallest absolute Gasteiger partial charge is 0.323 e. The van der Waals surface area contributed by atoms with Crippen LogP contribution in [0.4, 0.5) is 0 Å². The number of aliphatic imine (C=N–C) groups is 1. The van der Waals surface area contributed by atoms with Gasteiger partial charge in [0.15, 0.2) is 5.96 Å². The molecular weight excluding hydrogens is 380 g/mol. The fourth-order valence-electron chi connectivity index (χ4n) is 3.02. The zero-order valence-corrected chi connectivity index (χ0v) is 19.8. The van der Waals surface area contributed by atoms with E-state index < -0.39 is 0 Å². The number of nitrogens with zero attached hydrogens (tertiary/aromatic N) is 1. The second-order valence-corrected chi connectivity index (χ2v) is 7.53. The predicted molar refractivity (Wildman–Crippen MR) is 127 cm³/mol. The third-order valence-corrected chi connectivity index (χ3v) is 4.79. The van der Waals surface area contributed by atoms with E-state index in [1.54, 1.807) is 14.0 Å². The molecular formula is C23H48N4O3. The van der Waals surface area contributed by atoms with Crippen molar-refractivity contribution in [3.63, 3.8) is 0 Å². The van der Waals surface area contributed by atoms with E-state index in [4.69, 9.17) is 16.2 Å². The first-order chi connectivity index (χ1) is 14.5. The Labute approximate surface area is 184 Å². The fourth-order valence-corrected chi connectivity index (χ4v) is 3.02. The molecule has 178 valence electrons. The SMILES string of the molecule is CCCCCCCCCCCCCC=O.CCOC(=O)C(CCCN=C(N)N)NC. The first kappa shape index (κ1) is 30.6. The van der Waals surface area contributed by atoms with Gasteiger partial charge in [-0.1, -0.05) is 71.1 Å². The van der Waals surface area contributed by atoms with Gasteiger partial charge in [-0.3, -0.25) is 9.79 Å². The second kappa shape index (κ2) is 25.4. The molecule has 7 nitrogen and oxygen atoms in total. The molecule has 0 aromatic rings. The van der Waals surface area contributed by atoms with Gasteiger partial charge in [0.1, 0.15) is 12.3 Å². The fraction of sp³-hybridized carbons (Fsp3) is 0.870. The minimum Gasteiger partial charge on any atom is -0.465 e. The molecule has 0 radical (unpaired) electrons. The van der Waals surface area contributed by atoms with Crippen LogP contribution in [0.5, 0.6) is 0 Å². The highest BCUT2D eigenvalue weighted by atomic mass is 16.5. The molecule has 0 heterocycles. The summed E-state index contributed by atoms with van der Waals surface area (Å²) in [6.07, 6.45) is 18.1. The molecule has 0 aromatic carbocycles. The molecule has 1 atom stereocenters. The number of nitrogens with one attached hydrogen (secondary N) is 1. The lowest BCUT2D eigenvalue weighted by Gasteiger charge is -2.13. The van der Waals surface area contributed by atoms with Crippen LogP contribution in [0.15, 0.2) is 4.99 Å². The topological polar surface area (TPSA) is 120 Å². The van der Waals surface area contributed by atoms with Crippen LogP contribution >= 0.6 is 0 Å². The molecule has 30 heavy (non-hydrogen) atoms. The Balaban J connectivity index is 0. The Bertz CT molecular complexity index is 413. The Morgan fingerprint density at radius 1 is 0.933 bits per heavy atom. The number of rotatable bonds is 19. The van der Waals surface area contributed by atoms with Crippen molar-refractivity contribution in [2.75, 3.05) is 20.2 Å². The molecule has 0 amide bonds. The molecule has 0 rings (SSSR count). The van der Waals surface area contributed by atoms with Gasteiger partial charge in [-0.25, -0.2) is 0 Å². The van der Waals surface area contributed by atoms with Gasteiger partial charge in [-0.2, -0.15) is 0 Å². The van der Waals surface area contributed by atoms with Crippen LogP contribution in [-0.4, -0.2) is 44.5 Å². The molecule has 7 heteroatoms. The summed E-state index contributed by atoms with van der Waals surface area (Å²) in [6, 6.07) is -0.279. The highest BCUT2D eigenvalue weighted by Crippen LogP contribution is 2.11. The van der Waals surface area contributed by atoms with Crippen molar-refractivity contribution < 1.29 is 14.3 Å². The van der Waals surface area contributed by atoms with E-state index in [0.717, 1.165) is 25.5 Å². The minimum atomic E-state index is -0.279. The molecule has 1 unspecified atom stereocenters. The third kappa shape index (κ3) is 24.4. The van der Waals surface area contributed by atoms with Crippen molar-refractivity contribution in [2.45, 2.75) is 110 Å². The number of nitrogens with two attached hydrogens (primary N) is 2. The largest absolute Gasteiger partial charge is 0.465 e. The van der Waals surface area contributed by atoms with Crippen LogP contribution in [0.1, 0.15) is 104 Å². The van der Waals surface area contributed by atoms with E-state index in [1.165, 1.54) is 64.2 Å². The number of aldehydes is 1. The van der Waals surface area contributed by atoms with Gasteiger partial charge < -0.3 is 26.3 Å². The van der Waals surface area contributed by atoms with Crippen LogP contribution in [0.25, 0.3) is 0 Å². The van der Waals surface area contributed by atoms with E-state index >= 15 is 0 Å². The first-order valence-corrected chi connectivity index (χ1v) is 11.9. The molecule has 0 fully saturated rings. The average molecular weight is 429 g/mol. The van der Waals surface area contributed by atoms with E-state index in [0.29, 0.717) is 19.6 Å². The summed E-state index contributed by atoms with van der Waals surface area (Å²) in [5.41, 5.74) is 10.3. The van der Waals surface area contributed by atoms with Crippen molar-refractivity contribution >= 4 is 18.2 Å². The Kier molecular flexibility index (Phi) is 25.9.